The molecule has 3 rings (SSSR count). The van der Waals surface area contributed by atoms with Crippen molar-refractivity contribution in [2.24, 2.45) is 0 Å². The minimum atomic E-state index is -1.63. The Kier molecular flexibility index (Phi) is 13.9. The van der Waals surface area contributed by atoms with Crippen LogP contribution in [0.3, 0.4) is 0 Å². The maximum atomic E-state index is 14.3. The van der Waals surface area contributed by atoms with Crippen molar-refractivity contribution in [2.75, 3.05) is 0 Å². The number of piperidine rings is 2. The number of carbonyl (C=O) groups excluding carboxylic acids is 6. The smallest absolute Gasteiger partial charge is 0.252 e. The van der Waals surface area contributed by atoms with Crippen LogP contribution < -0.4 is 42.0 Å². The van der Waals surface area contributed by atoms with Gasteiger partial charge >= 0.3 is 0 Å². The lowest BCUT2D eigenvalue weighted by molar-refractivity contribution is -0.956. The fourth-order valence-corrected chi connectivity index (χ4v) is 9.09. The van der Waals surface area contributed by atoms with Crippen molar-refractivity contribution in [3.63, 3.8) is 0 Å². The van der Waals surface area contributed by atoms with E-state index in [2.05, 4.69) is 47.8 Å². The lowest BCUT2D eigenvalue weighted by Crippen LogP contribution is -3.24. The zero-order chi connectivity index (χ0) is 43.9. The van der Waals surface area contributed by atoms with Crippen molar-refractivity contribution >= 4 is 51.4 Å². The molecule has 57 heavy (non-hydrogen) atoms. The quantitative estimate of drug-likeness (QED) is 0.147. The number of hydrogen-bond acceptors (Lipinski definition) is 8. The molecule has 8 N–H and O–H groups in total. The summed E-state index contributed by atoms with van der Waals surface area (Å²) in [5.74, 6) is -3.72. The van der Waals surface area contributed by atoms with E-state index in [9.17, 15) is 39.2 Å². The number of hydroxylamine groups is 4. The Morgan fingerprint density at radius 1 is 0.596 bits per heavy atom. The maximum Gasteiger partial charge on any atom is 0.252 e. The van der Waals surface area contributed by atoms with E-state index in [0.29, 0.717) is 5.56 Å². The van der Waals surface area contributed by atoms with Crippen molar-refractivity contribution in [2.45, 2.75) is 180 Å². The van der Waals surface area contributed by atoms with Crippen LogP contribution in [-0.4, -0.2) is 92.3 Å². The molecular weight excluding hydrogens is 800 g/mol. The molecule has 1 aromatic carbocycles. The minimum absolute atomic E-state index is 0.0284. The Morgan fingerprint density at radius 3 is 1.33 bits per heavy atom. The van der Waals surface area contributed by atoms with E-state index >= 15 is 0 Å². The summed E-state index contributed by atoms with van der Waals surface area (Å²) in [7, 11) is 0. The highest BCUT2D eigenvalue weighted by Gasteiger charge is 2.59. The standard InChI is InChI=1S/C40H65BrN8O8/c1-23(43-33(55)40(21-37(11,12)49(57)38(13,14)22-40)47-31(53)26-15-17-27(41)18-16-26)28(50)42-24(2)30(52)46-39(19-35(7,8)48(56)36(9,10)20-39)32(54)44-25(3)29(51)45-34(4,5)6/h15-18,23-25,48-49H,19-22H2,1-14H3,(H,42,50)(H,43,55)(H,44,54)(H,45,51)(H,46,52)(H,47,53)/t23-,24-,25-/m0/s1. The van der Waals surface area contributed by atoms with E-state index < -0.39 is 92.3 Å². The summed E-state index contributed by atoms with van der Waals surface area (Å²) in [4.78, 5) is 82.5. The van der Waals surface area contributed by atoms with Crippen molar-refractivity contribution in [3.05, 3.63) is 44.7 Å². The normalized spacial score (nSPS) is 27.7. The average molecular weight is 866 g/mol. The van der Waals surface area contributed by atoms with Crippen molar-refractivity contribution < 1.29 is 38.9 Å². The van der Waals surface area contributed by atoms with Gasteiger partial charge in [-0.15, -0.1) is 0 Å². The van der Waals surface area contributed by atoms with Gasteiger partial charge in [-0.05, 0) is 121 Å². The Morgan fingerprint density at radius 2 is 0.947 bits per heavy atom. The molecular formula is C40H65BrN8O8. The molecule has 2 heterocycles. The number of nitrogens with one attached hydrogen (secondary N) is 8. The average Bonchev–Trinajstić information content (AvgIpc) is 3.04. The van der Waals surface area contributed by atoms with Crippen LogP contribution in [0.5, 0.6) is 0 Å². The van der Waals surface area contributed by atoms with Gasteiger partial charge in [-0.2, -0.15) is 0 Å². The zero-order valence-electron chi connectivity index (χ0n) is 36.0. The highest BCUT2D eigenvalue weighted by atomic mass is 79.9. The van der Waals surface area contributed by atoms with Crippen molar-refractivity contribution in [1.29, 1.82) is 0 Å². The summed E-state index contributed by atoms with van der Waals surface area (Å²) in [6.45, 7) is 23.5. The number of amides is 6. The summed E-state index contributed by atoms with van der Waals surface area (Å²) in [6, 6.07) is 3.19. The molecule has 0 radical (unpaired) electrons. The molecule has 1 aromatic rings. The second kappa shape index (κ2) is 16.5. The Balaban J connectivity index is 1.85. The molecule has 2 fully saturated rings. The van der Waals surface area contributed by atoms with Crippen molar-refractivity contribution in [3.8, 4) is 0 Å². The third kappa shape index (κ3) is 11.1. The van der Waals surface area contributed by atoms with Gasteiger partial charge in [0.05, 0.1) is 22.2 Å². The number of carbonyl (C=O) groups is 6. The molecule has 0 unspecified atom stereocenters. The third-order valence-corrected chi connectivity index (χ3v) is 11.4. The summed E-state index contributed by atoms with van der Waals surface area (Å²) < 4.78 is 0.759. The van der Waals surface area contributed by atoms with Crippen LogP contribution >= 0.6 is 15.9 Å². The molecule has 0 aliphatic carbocycles. The van der Waals surface area contributed by atoms with E-state index in [1.165, 1.54) is 20.8 Å². The summed E-state index contributed by atoms with van der Waals surface area (Å²) in [5, 5.41) is 43.3. The molecule has 0 spiro atoms. The second-order valence-corrected chi connectivity index (χ2v) is 20.8. The Hall–Kier alpha value is -3.64. The van der Waals surface area contributed by atoms with Gasteiger partial charge < -0.3 is 52.4 Å². The number of hydrogen-bond donors (Lipinski definition) is 8. The molecule has 2 aliphatic heterocycles. The number of halogens is 1. The molecule has 6 amide bonds. The van der Waals surface area contributed by atoms with Gasteiger partial charge in [-0.1, -0.05) is 15.9 Å². The van der Waals surface area contributed by atoms with Gasteiger partial charge in [0.15, 0.2) is 0 Å². The highest BCUT2D eigenvalue weighted by molar-refractivity contribution is 9.10. The van der Waals surface area contributed by atoms with Crippen LogP contribution in [0.25, 0.3) is 0 Å². The Bertz CT molecular complexity index is 1690. The molecule has 17 heteroatoms. The summed E-state index contributed by atoms with van der Waals surface area (Å²) >= 11 is 3.36. The molecule has 0 bridgehead atoms. The van der Waals surface area contributed by atoms with Gasteiger partial charge in [-0.3, -0.25) is 28.8 Å². The van der Waals surface area contributed by atoms with Gasteiger partial charge in [-0.25, -0.2) is 0 Å². The first-order chi connectivity index (χ1) is 25.7. The summed E-state index contributed by atoms with van der Waals surface area (Å²) in [5.41, 5.74) is -7.57. The van der Waals surface area contributed by atoms with Gasteiger partial charge in [0.25, 0.3) is 5.91 Å². The molecule has 16 nitrogen and oxygen atoms in total. The van der Waals surface area contributed by atoms with Crippen LogP contribution in [0.2, 0.25) is 0 Å². The predicted octanol–water partition coefficient (Wildman–Crippen LogP) is 0.669. The van der Waals surface area contributed by atoms with Crippen molar-refractivity contribution in [1.82, 2.24) is 31.9 Å². The largest absolute Gasteiger partial charge is 0.634 e. The first kappa shape index (κ1) is 47.7. The molecule has 2 aliphatic rings. The first-order valence-corrected chi connectivity index (χ1v) is 20.2. The van der Waals surface area contributed by atoms with E-state index in [0.717, 1.165) is 4.47 Å². The second-order valence-electron chi connectivity index (χ2n) is 19.9. The van der Waals surface area contributed by atoms with Gasteiger partial charge in [0.1, 0.15) is 29.2 Å². The number of benzene rings is 1. The topological polar surface area (TPSA) is 230 Å². The summed E-state index contributed by atoms with van der Waals surface area (Å²) in [6.07, 6.45) is -0.188. The molecule has 3 atom stereocenters. The minimum Gasteiger partial charge on any atom is -0.634 e. The van der Waals surface area contributed by atoms with E-state index in [-0.39, 0.29) is 35.8 Å². The number of quaternary nitrogens is 2. The highest BCUT2D eigenvalue weighted by Crippen LogP contribution is 2.35. The van der Waals surface area contributed by atoms with E-state index in [1.807, 2.05) is 20.8 Å². The first-order valence-electron chi connectivity index (χ1n) is 19.4. The predicted molar refractivity (Wildman–Crippen MR) is 219 cm³/mol. The van der Waals surface area contributed by atoms with E-state index in [1.54, 1.807) is 79.7 Å². The third-order valence-electron chi connectivity index (χ3n) is 10.9. The van der Waals surface area contributed by atoms with Gasteiger partial charge in [0, 0.05) is 41.3 Å². The SMILES string of the molecule is C[C@H](NC(=O)[C@H](C)NC(=O)C1(NC(=O)c2ccc(Br)cc2)CC(C)(C)[NH+]([O-])C(C)(C)C1)C(=O)NC1(C(=O)N[C@@H](C)C(=O)NC(C)(C)C)CC(C)(C)[NH+]([O-])C(C)(C)C1. The maximum absolute atomic E-state index is 14.3. The van der Waals surface area contributed by atoms with Gasteiger partial charge in [0.2, 0.25) is 29.5 Å². The van der Waals surface area contributed by atoms with Crippen LogP contribution in [0, 0.1) is 10.4 Å². The van der Waals surface area contributed by atoms with Crippen LogP contribution in [0.1, 0.15) is 133 Å². The fraction of sp³-hybridized carbons (Fsp3) is 0.700. The van der Waals surface area contributed by atoms with Crippen LogP contribution in [0.15, 0.2) is 28.7 Å². The zero-order valence-corrected chi connectivity index (χ0v) is 37.6. The van der Waals surface area contributed by atoms with Crippen LogP contribution in [0.4, 0.5) is 0 Å². The fourth-order valence-electron chi connectivity index (χ4n) is 8.82. The lowest BCUT2D eigenvalue weighted by atomic mass is 9.69. The monoisotopic (exact) mass is 864 g/mol. The molecule has 0 saturated carbocycles. The molecule has 320 valence electrons. The Labute approximate surface area is 345 Å². The number of rotatable bonds is 11. The van der Waals surface area contributed by atoms with Crippen LogP contribution in [-0.2, 0) is 24.0 Å². The van der Waals surface area contributed by atoms with E-state index in [4.69, 9.17) is 0 Å². The molecule has 2 saturated heterocycles. The lowest BCUT2D eigenvalue weighted by Gasteiger charge is -2.58. The molecule has 0 aromatic heterocycles.